The zero-order chi connectivity index (χ0) is 11.8. The number of carbonyl (C=O) groups excluding carboxylic acids is 1. The molecule has 5 nitrogen and oxygen atoms in total. The summed E-state index contributed by atoms with van der Waals surface area (Å²) in [5.41, 5.74) is 0. The molecule has 0 rings (SSSR count). The molecule has 0 aromatic rings. The second-order valence-electron chi connectivity index (χ2n) is 3.44. The van der Waals surface area contributed by atoms with Gasteiger partial charge in [0.2, 0.25) is 0 Å². The lowest BCUT2D eigenvalue weighted by atomic mass is 10.2. The minimum Gasteiger partial charge on any atom is -0.480 e. The number of rotatable bonds is 5. The molecule has 0 aromatic carbocycles. The van der Waals surface area contributed by atoms with E-state index < -0.39 is 18.1 Å². The number of carbonyl (C=O) groups is 2. The van der Waals surface area contributed by atoms with E-state index in [-0.39, 0.29) is 18.9 Å². The van der Waals surface area contributed by atoms with E-state index in [1.165, 1.54) is 0 Å². The summed E-state index contributed by atoms with van der Waals surface area (Å²) in [5.74, 6) is 1.20. The summed E-state index contributed by atoms with van der Waals surface area (Å²) in [5, 5.41) is 10.8. The third-order valence-electron chi connectivity index (χ3n) is 1.46. The van der Waals surface area contributed by atoms with Crippen molar-refractivity contribution in [3.8, 4) is 12.3 Å². The molecule has 0 saturated heterocycles. The van der Waals surface area contributed by atoms with Crippen molar-refractivity contribution in [1.82, 2.24) is 5.32 Å². The summed E-state index contributed by atoms with van der Waals surface area (Å²) in [6, 6.07) is -1.09. The molecule has 5 heteroatoms. The van der Waals surface area contributed by atoms with E-state index in [0.717, 1.165) is 0 Å². The maximum atomic E-state index is 11.1. The zero-order valence-electron chi connectivity index (χ0n) is 8.82. The van der Waals surface area contributed by atoms with Gasteiger partial charge in [-0.05, 0) is 5.92 Å². The molecule has 0 aliphatic carbocycles. The van der Waals surface area contributed by atoms with Gasteiger partial charge in [0.15, 0.2) is 0 Å². The number of nitrogens with one attached hydrogen (secondary N) is 1. The van der Waals surface area contributed by atoms with Gasteiger partial charge in [-0.25, -0.2) is 9.59 Å². The minimum atomic E-state index is -1.17. The first kappa shape index (κ1) is 13.3. The van der Waals surface area contributed by atoms with Crippen molar-refractivity contribution in [2.45, 2.75) is 26.3 Å². The average molecular weight is 213 g/mol. The van der Waals surface area contributed by atoms with Crippen molar-refractivity contribution in [1.29, 1.82) is 0 Å². The molecule has 1 unspecified atom stereocenters. The number of hydrogen-bond acceptors (Lipinski definition) is 3. The third kappa shape index (κ3) is 6.38. The van der Waals surface area contributed by atoms with E-state index in [4.69, 9.17) is 16.3 Å². The number of carboxylic acid groups (broad SMARTS) is 1. The Hall–Kier alpha value is -1.70. The highest BCUT2D eigenvalue weighted by atomic mass is 16.5. The van der Waals surface area contributed by atoms with Gasteiger partial charge < -0.3 is 15.2 Å². The lowest BCUT2D eigenvalue weighted by Gasteiger charge is -2.12. The van der Waals surface area contributed by atoms with Gasteiger partial charge in [-0.1, -0.05) is 13.8 Å². The Kier molecular flexibility index (Phi) is 5.95. The number of amides is 1. The number of hydrogen-bond donors (Lipinski definition) is 2. The smallest absolute Gasteiger partial charge is 0.407 e. The first-order valence-corrected chi connectivity index (χ1v) is 4.57. The van der Waals surface area contributed by atoms with Crippen LogP contribution in [0.25, 0.3) is 0 Å². The largest absolute Gasteiger partial charge is 0.480 e. The summed E-state index contributed by atoms with van der Waals surface area (Å²) in [7, 11) is 0. The molecular formula is C10H15NO4. The van der Waals surface area contributed by atoms with E-state index in [2.05, 4.69) is 11.2 Å². The van der Waals surface area contributed by atoms with Gasteiger partial charge in [0.05, 0.1) is 6.61 Å². The first-order chi connectivity index (χ1) is 6.97. The van der Waals surface area contributed by atoms with Gasteiger partial charge in [-0.3, -0.25) is 0 Å². The lowest BCUT2D eigenvalue weighted by molar-refractivity contribution is -0.139. The molecular weight excluding hydrogens is 198 g/mol. The van der Waals surface area contributed by atoms with E-state index >= 15 is 0 Å². The summed E-state index contributed by atoms with van der Waals surface area (Å²) in [6.07, 6.45) is 4.14. The van der Waals surface area contributed by atoms with Crippen molar-refractivity contribution in [2.24, 2.45) is 5.92 Å². The van der Waals surface area contributed by atoms with Crippen LogP contribution in [0.1, 0.15) is 20.3 Å². The molecule has 0 fully saturated rings. The van der Waals surface area contributed by atoms with Crippen LogP contribution >= 0.6 is 0 Å². The fourth-order valence-electron chi connectivity index (χ4n) is 0.744. The van der Waals surface area contributed by atoms with Crippen LogP contribution in [-0.2, 0) is 9.53 Å². The summed E-state index contributed by atoms with van der Waals surface area (Å²) >= 11 is 0. The highest BCUT2D eigenvalue weighted by Gasteiger charge is 2.19. The molecule has 2 N–H and O–H groups in total. The Morgan fingerprint density at radius 3 is 2.53 bits per heavy atom. The van der Waals surface area contributed by atoms with Crippen LogP contribution in [0.5, 0.6) is 0 Å². The monoisotopic (exact) mass is 213 g/mol. The van der Waals surface area contributed by atoms with Crippen LogP contribution in [0.4, 0.5) is 4.79 Å². The topological polar surface area (TPSA) is 75.6 Å². The van der Waals surface area contributed by atoms with E-state index in [1.807, 2.05) is 13.8 Å². The summed E-state index contributed by atoms with van der Waals surface area (Å²) in [4.78, 5) is 21.7. The molecule has 0 radical (unpaired) electrons. The number of ether oxygens (including phenoxy) is 1. The van der Waals surface area contributed by atoms with Crippen molar-refractivity contribution in [2.75, 3.05) is 6.61 Å². The van der Waals surface area contributed by atoms with Crippen LogP contribution in [-0.4, -0.2) is 29.8 Å². The van der Waals surface area contributed by atoms with Crippen molar-refractivity contribution < 1.29 is 19.4 Å². The van der Waals surface area contributed by atoms with Gasteiger partial charge >= 0.3 is 12.1 Å². The SMILES string of the molecule is C#CCC(NC(=O)OCC(C)C)C(=O)O. The predicted molar refractivity (Wildman–Crippen MR) is 54.2 cm³/mol. The molecule has 15 heavy (non-hydrogen) atoms. The number of alkyl carbamates (subject to hydrolysis) is 1. The Balaban J connectivity index is 4.01. The molecule has 1 amide bonds. The molecule has 0 spiro atoms. The number of aliphatic carboxylic acids is 1. The lowest BCUT2D eigenvalue weighted by Crippen LogP contribution is -2.41. The Morgan fingerprint density at radius 2 is 2.13 bits per heavy atom. The van der Waals surface area contributed by atoms with E-state index in [9.17, 15) is 9.59 Å². The van der Waals surface area contributed by atoms with Crippen LogP contribution in [0.3, 0.4) is 0 Å². The van der Waals surface area contributed by atoms with Crippen LogP contribution in [0, 0.1) is 18.3 Å². The van der Waals surface area contributed by atoms with E-state index in [0.29, 0.717) is 0 Å². The fourth-order valence-corrected chi connectivity index (χ4v) is 0.744. The molecule has 84 valence electrons. The molecule has 0 heterocycles. The predicted octanol–water partition coefficient (Wildman–Crippen LogP) is 0.845. The van der Waals surface area contributed by atoms with Crippen molar-refractivity contribution in [3.63, 3.8) is 0 Å². The van der Waals surface area contributed by atoms with Gasteiger partial charge in [0, 0.05) is 6.42 Å². The van der Waals surface area contributed by atoms with Gasteiger partial charge in [-0.2, -0.15) is 0 Å². The Bertz CT molecular complexity index is 267. The van der Waals surface area contributed by atoms with Crippen molar-refractivity contribution in [3.05, 3.63) is 0 Å². The molecule has 0 aliphatic rings. The highest BCUT2D eigenvalue weighted by Crippen LogP contribution is 1.95. The van der Waals surface area contributed by atoms with Gasteiger partial charge in [0.25, 0.3) is 0 Å². The van der Waals surface area contributed by atoms with Gasteiger partial charge in [-0.15, -0.1) is 12.3 Å². The normalized spacial score (nSPS) is 11.6. The zero-order valence-corrected chi connectivity index (χ0v) is 8.82. The van der Waals surface area contributed by atoms with Crippen LogP contribution in [0.2, 0.25) is 0 Å². The molecule has 0 saturated carbocycles. The maximum Gasteiger partial charge on any atom is 0.407 e. The van der Waals surface area contributed by atoms with Crippen LogP contribution in [0.15, 0.2) is 0 Å². The average Bonchev–Trinajstić information content (AvgIpc) is 2.14. The Morgan fingerprint density at radius 1 is 1.53 bits per heavy atom. The highest BCUT2D eigenvalue weighted by molar-refractivity contribution is 5.80. The number of carboxylic acids is 1. The van der Waals surface area contributed by atoms with Gasteiger partial charge in [0.1, 0.15) is 6.04 Å². The standard InChI is InChI=1S/C10H15NO4/c1-4-5-8(9(12)13)11-10(14)15-6-7(2)3/h1,7-8H,5-6H2,2-3H3,(H,11,14)(H,12,13). The maximum absolute atomic E-state index is 11.1. The Labute approximate surface area is 88.8 Å². The minimum absolute atomic E-state index is 0.0634. The third-order valence-corrected chi connectivity index (χ3v) is 1.46. The van der Waals surface area contributed by atoms with E-state index in [1.54, 1.807) is 0 Å². The first-order valence-electron chi connectivity index (χ1n) is 4.57. The fraction of sp³-hybridized carbons (Fsp3) is 0.600. The van der Waals surface area contributed by atoms with Crippen molar-refractivity contribution >= 4 is 12.1 Å². The second kappa shape index (κ2) is 6.71. The molecule has 0 aliphatic heterocycles. The molecule has 1 atom stereocenters. The molecule has 0 bridgehead atoms. The summed E-state index contributed by atoms with van der Waals surface area (Å²) in [6.45, 7) is 4.00. The second-order valence-corrected chi connectivity index (χ2v) is 3.44. The molecule has 0 aromatic heterocycles. The number of terminal acetylenes is 1. The summed E-state index contributed by atoms with van der Waals surface area (Å²) < 4.78 is 4.75. The van der Waals surface area contributed by atoms with Crippen LogP contribution < -0.4 is 5.32 Å². The quantitative estimate of drug-likeness (QED) is 0.664.